The molecule has 0 aromatic heterocycles. The first kappa shape index (κ1) is 20.5. The van der Waals surface area contributed by atoms with Crippen molar-refractivity contribution >= 4 is 44.8 Å². The molecule has 0 radical (unpaired) electrons. The number of sulfonamides is 1. The van der Waals surface area contributed by atoms with Crippen LogP contribution in [0.25, 0.3) is 0 Å². The Labute approximate surface area is 157 Å². The van der Waals surface area contributed by atoms with E-state index in [9.17, 15) is 26.4 Å². The van der Waals surface area contributed by atoms with Gasteiger partial charge in [0.25, 0.3) is 0 Å². The predicted octanol–water partition coefficient (Wildman–Crippen LogP) is 3.93. The maximum Gasteiger partial charge on any atom is 0.416 e. The molecule has 2 N–H and O–H groups in total. The third kappa shape index (κ3) is 5.34. The number of anilines is 1. The third-order valence-corrected chi connectivity index (χ3v) is 5.22. The predicted molar refractivity (Wildman–Crippen MR) is 91.7 cm³/mol. The Balaban J connectivity index is 2.01. The summed E-state index contributed by atoms with van der Waals surface area (Å²) in [6.45, 7) is -0.647. The lowest BCUT2D eigenvalue weighted by Gasteiger charge is -2.10. The molecular formula is C15H11Cl2F3N2O3S. The molecule has 0 fully saturated rings. The average molecular weight is 427 g/mol. The highest BCUT2D eigenvalue weighted by atomic mass is 35.5. The number of carbonyl (C=O) groups excluding carboxylic acids is 1. The van der Waals surface area contributed by atoms with E-state index in [1.165, 1.54) is 12.1 Å². The van der Waals surface area contributed by atoms with Gasteiger partial charge in [0.15, 0.2) is 0 Å². The fraction of sp³-hybridized carbons (Fsp3) is 0.133. The van der Waals surface area contributed by atoms with Crippen molar-refractivity contribution < 1.29 is 26.4 Å². The summed E-state index contributed by atoms with van der Waals surface area (Å²) in [6.07, 6.45) is -4.49. The molecule has 1 amide bonds. The van der Waals surface area contributed by atoms with Crippen molar-refractivity contribution in [2.75, 3.05) is 11.9 Å². The van der Waals surface area contributed by atoms with E-state index in [0.29, 0.717) is 0 Å². The van der Waals surface area contributed by atoms with Gasteiger partial charge in [-0.25, -0.2) is 13.1 Å². The highest BCUT2D eigenvalue weighted by Gasteiger charge is 2.30. The monoisotopic (exact) mass is 426 g/mol. The van der Waals surface area contributed by atoms with Gasteiger partial charge in [0.1, 0.15) is 4.90 Å². The highest BCUT2D eigenvalue weighted by Crippen LogP contribution is 2.29. The third-order valence-electron chi connectivity index (χ3n) is 3.10. The van der Waals surface area contributed by atoms with Crippen LogP contribution in [0.2, 0.25) is 10.0 Å². The molecule has 2 aromatic rings. The zero-order valence-corrected chi connectivity index (χ0v) is 15.1. The number of amides is 1. The Hall–Kier alpha value is -1.81. The van der Waals surface area contributed by atoms with E-state index in [-0.39, 0.29) is 20.6 Å². The minimum Gasteiger partial charge on any atom is -0.325 e. The van der Waals surface area contributed by atoms with Gasteiger partial charge in [-0.3, -0.25) is 4.79 Å². The molecule has 2 rings (SSSR count). The summed E-state index contributed by atoms with van der Waals surface area (Å²) in [7, 11) is -4.10. The van der Waals surface area contributed by atoms with Crippen LogP contribution in [0.5, 0.6) is 0 Å². The lowest BCUT2D eigenvalue weighted by molar-refractivity contribution is -0.137. The summed E-state index contributed by atoms with van der Waals surface area (Å²) in [6, 6.07) is 7.53. The lowest BCUT2D eigenvalue weighted by Crippen LogP contribution is -2.33. The van der Waals surface area contributed by atoms with Gasteiger partial charge in [0.05, 0.1) is 17.1 Å². The molecule has 0 bridgehead atoms. The van der Waals surface area contributed by atoms with Gasteiger partial charge in [-0.15, -0.1) is 0 Å². The van der Waals surface area contributed by atoms with Crippen molar-refractivity contribution in [3.8, 4) is 0 Å². The summed E-state index contributed by atoms with van der Waals surface area (Å²) < 4.78 is 63.8. The minimum absolute atomic E-state index is 0.0787. The maximum atomic E-state index is 12.5. The van der Waals surface area contributed by atoms with Crippen molar-refractivity contribution in [1.29, 1.82) is 0 Å². The zero-order valence-electron chi connectivity index (χ0n) is 12.8. The molecule has 0 aliphatic heterocycles. The van der Waals surface area contributed by atoms with Gasteiger partial charge >= 0.3 is 6.18 Å². The Morgan fingerprint density at radius 2 is 1.65 bits per heavy atom. The number of alkyl halides is 3. The molecule has 26 heavy (non-hydrogen) atoms. The minimum atomic E-state index is -4.49. The summed E-state index contributed by atoms with van der Waals surface area (Å²) in [5.41, 5.74) is -0.783. The first-order valence-electron chi connectivity index (χ1n) is 6.91. The first-order chi connectivity index (χ1) is 12.0. The molecule has 0 aliphatic rings. The second kappa shape index (κ2) is 7.83. The first-order valence-corrected chi connectivity index (χ1v) is 9.15. The largest absolute Gasteiger partial charge is 0.416 e. The summed E-state index contributed by atoms with van der Waals surface area (Å²) in [4.78, 5) is 11.5. The molecule has 0 heterocycles. The maximum absolute atomic E-state index is 12.5. The SMILES string of the molecule is O=C(CNS(=O)(=O)c1cc(Cl)ccc1Cl)Nc1ccc(C(F)(F)F)cc1. The number of nitrogens with one attached hydrogen (secondary N) is 2. The van der Waals surface area contributed by atoms with Gasteiger partial charge < -0.3 is 5.32 Å². The molecule has 0 aliphatic carbocycles. The molecular weight excluding hydrogens is 416 g/mol. The summed E-state index contributed by atoms with van der Waals surface area (Å²) >= 11 is 11.5. The molecule has 2 aromatic carbocycles. The highest BCUT2D eigenvalue weighted by molar-refractivity contribution is 7.89. The zero-order chi connectivity index (χ0) is 19.5. The van der Waals surface area contributed by atoms with Crippen molar-refractivity contribution in [2.45, 2.75) is 11.1 Å². The Bertz CT molecular complexity index is 917. The topological polar surface area (TPSA) is 75.3 Å². The van der Waals surface area contributed by atoms with Crippen LogP contribution in [0.4, 0.5) is 18.9 Å². The molecule has 140 valence electrons. The van der Waals surface area contributed by atoms with Crippen LogP contribution >= 0.6 is 23.2 Å². The van der Waals surface area contributed by atoms with Crippen molar-refractivity contribution in [3.63, 3.8) is 0 Å². The molecule has 0 saturated heterocycles. The molecule has 5 nitrogen and oxygen atoms in total. The van der Waals surface area contributed by atoms with Gasteiger partial charge in [0.2, 0.25) is 15.9 Å². The quantitative estimate of drug-likeness (QED) is 0.760. The standard InChI is InChI=1S/C15H11Cl2F3N2O3S/c16-10-3-6-12(17)13(7-10)26(24,25)21-8-14(23)22-11-4-1-9(2-5-11)15(18,19)20/h1-7,21H,8H2,(H,22,23). The lowest BCUT2D eigenvalue weighted by atomic mass is 10.2. The van der Waals surface area contributed by atoms with Crippen LogP contribution in [-0.2, 0) is 21.0 Å². The van der Waals surface area contributed by atoms with Gasteiger partial charge in [-0.05, 0) is 42.5 Å². The van der Waals surface area contributed by atoms with E-state index in [1.54, 1.807) is 0 Å². The fourth-order valence-corrected chi connectivity index (χ4v) is 3.61. The normalized spacial score (nSPS) is 12.0. The average Bonchev–Trinajstić information content (AvgIpc) is 2.55. The Morgan fingerprint density at radius 1 is 1.04 bits per heavy atom. The number of benzene rings is 2. The van der Waals surface area contributed by atoms with E-state index in [1.807, 2.05) is 4.72 Å². The van der Waals surface area contributed by atoms with E-state index in [2.05, 4.69) is 5.32 Å². The van der Waals surface area contributed by atoms with Gasteiger partial charge in [-0.2, -0.15) is 13.2 Å². The number of rotatable bonds is 5. The van der Waals surface area contributed by atoms with Crippen molar-refractivity contribution in [3.05, 3.63) is 58.1 Å². The van der Waals surface area contributed by atoms with E-state index in [0.717, 1.165) is 30.3 Å². The number of carbonyl (C=O) groups is 1. The second-order valence-corrected chi connectivity index (χ2v) is 7.60. The molecule has 0 atom stereocenters. The molecule has 0 saturated carbocycles. The number of halogens is 5. The van der Waals surface area contributed by atoms with Crippen LogP contribution in [0, 0.1) is 0 Å². The smallest absolute Gasteiger partial charge is 0.325 e. The summed E-state index contributed by atoms with van der Waals surface area (Å²) in [5.74, 6) is -0.772. The Morgan fingerprint density at radius 3 is 2.23 bits per heavy atom. The number of hydrogen-bond acceptors (Lipinski definition) is 3. The van der Waals surface area contributed by atoms with E-state index >= 15 is 0 Å². The number of hydrogen-bond donors (Lipinski definition) is 2. The van der Waals surface area contributed by atoms with Crippen LogP contribution in [-0.4, -0.2) is 20.9 Å². The molecule has 0 spiro atoms. The van der Waals surface area contributed by atoms with Crippen LogP contribution < -0.4 is 10.0 Å². The van der Waals surface area contributed by atoms with Crippen molar-refractivity contribution in [1.82, 2.24) is 4.72 Å². The Kier molecular flexibility index (Phi) is 6.17. The molecule has 0 unspecified atom stereocenters. The summed E-state index contributed by atoms with van der Waals surface area (Å²) in [5, 5.41) is 2.34. The fourth-order valence-electron chi connectivity index (χ4n) is 1.87. The van der Waals surface area contributed by atoms with E-state index < -0.39 is 34.2 Å². The molecule has 11 heteroatoms. The second-order valence-electron chi connectivity index (χ2n) is 5.02. The van der Waals surface area contributed by atoms with Crippen LogP contribution in [0.1, 0.15) is 5.56 Å². The van der Waals surface area contributed by atoms with Crippen molar-refractivity contribution in [2.24, 2.45) is 0 Å². The van der Waals surface area contributed by atoms with Gasteiger partial charge in [0, 0.05) is 10.7 Å². The van der Waals surface area contributed by atoms with E-state index in [4.69, 9.17) is 23.2 Å². The van der Waals surface area contributed by atoms with Crippen LogP contribution in [0.3, 0.4) is 0 Å². The van der Waals surface area contributed by atoms with Gasteiger partial charge in [-0.1, -0.05) is 23.2 Å². The van der Waals surface area contributed by atoms with Crippen LogP contribution in [0.15, 0.2) is 47.4 Å².